The minimum atomic E-state index is 0.169. The van der Waals surface area contributed by atoms with E-state index in [0.717, 1.165) is 0 Å². The summed E-state index contributed by atoms with van der Waals surface area (Å²) in [7, 11) is 0. The van der Waals surface area contributed by atoms with Gasteiger partial charge < -0.3 is 9.97 Å². The molecule has 88 heavy (non-hydrogen) atoms. The molecule has 0 saturated carbocycles. The molecule has 3 aromatic heterocycles. The molecule has 5 heterocycles. The van der Waals surface area contributed by atoms with Gasteiger partial charge in [-0.2, -0.15) is 42.1 Å². The van der Waals surface area contributed by atoms with Crippen molar-refractivity contribution in [2.75, 3.05) is 0 Å². The minimum Gasteiger partial charge on any atom is -0.324 e. The van der Waals surface area contributed by atoms with E-state index in [1.807, 2.05) is 48.5 Å². The summed E-state index contributed by atoms with van der Waals surface area (Å²) in [4.78, 5) is 40.1. The number of aromatic nitrogens is 8. The van der Waals surface area contributed by atoms with Crippen molar-refractivity contribution in [1.82, 2.24) is 39.9 Å². The van der Waals surface area contributed by atoms with Gasteiger partial charge in [-0.05, 0) is 142 Å². The molecule has 8 bridgehead atoms. The average Bonchev–Trinajstić information content (AvgIpc) is 1.87. The van der Waals surface area contributed by atoms with Crippen molar-refractivity contribution >= 4 is 44.9 Å². The maximum absolute atomic E-state index is 10.1. The molecule has 2 aliphatic rings. The molecular formula is C72H34N16. The number of fused-ring (bicyclic) bond motifs is 8. The number of hydrogen-bond acceptors (Lipinski definition) is 14. The molecule has 16 heteroatoms. The summed E-state index contributed by atoms with van der Waals surface area (Å²) in [5, 5.41) is 80.5. The van der Waals surface area contributed by atoms with Crippen LogP contribution in [0.1, 0.15) is 90.1 Å². The van der Waals surface area contributed by atoms with Crippen molar-refractivity contribution in [3.63, 3.8) is 0 Å². The zero-order valence-corrected chi connectivity index (χ0v) is 45.7. The second-order valence-electron chi connectivity index (χ2n) is 20.1. The topological polar surface area (TPSA) is 299 Å². The second-order valence-corrected chi connectivity index (χ2v) is 20.1. The van der Waals surface area contributed by atoms with E-state index in [4.69, 9.17) is 29.9 Å². The van der Waals surface area contributed by atoms with Crippen molar-refractivity contribution in [3.05, 3.63) is 284 Å². The van der Waals surface area contributed by atoms with Crippen molar-refractivity contribution in [2.24, 2.45) is 0 Å². The standard InChI is InChI=1S/C72H34N16/c73-33-41-1-17-49(18-2-41)57-58(50-19-3-42(34-74)4-20-50)66-81-65(57)85-67-59(51-21-5-43(35-75)6-22-51)60(52-23-7-44(36-76)8-24-52)69(82-67)87-71-63(55-29-13-47(39-79)14-30-55)64(56-31-15-48(40-80)16-32-56)72(84-71)88-70-62(54-27-11-46(38-78)12-28-54)61(68(83-70)86-66)53-25-9-45(37-77)10-26-53/h1-32H,(H2,81,82,83,84,85,86,87,88). The third-order valence-electron chi connectivity index (χ3n) is 15.0. The third-order valence-corrected chi connectivity index (χ3v) is 15.0. The summed E-state index contributed by atoms with van der Waals surface area (Å²) in [5.74, 6) is 0.677. The molecular weight excluding hydrogens is 1090 g/mol. The number of aromatic amines is 2. The van der Waals surface area contributed by atoms with E-state index >= 15 is 0 Å². The summed E-state index contributed by atoms with van der Waals surface area (Å²) in [5.41, 5.74) is 13.3. The number of rotatable bonds is 8. The van der Waals surface area contributed by atoms with Gasteiger partial charge in [-0.25, -0.2) is 29.9 Å². The van der Waals surface area contributed by atoms with Gasteiger partial charge in [0.1, 0.15) is 22.6 Å². The van der Waals surface area contributed by atoms with Crippen molar-refractivity contribution in [1.29, 1.82) is 42.1 Å². The Kier molecular flexibility index (Phi) is 13.6. The lowest BCUT2D eigenvalue weighted by Crippen LogP contribution is -1.95. The van der Waals surface area contributed by atoms with E-state index in [2.05, 4.69) is 58.5 Å². The largest absolute Gasteiger partial charge is 0.324 e. The summed E-state index contributed by atoms with van der Waals surface area (Å²) in [6.45, 7) is 0. The smallest absolute Gasteiger partial charge is 0.165 e. The van der Waals surface area contributed by atoms with Crippen LogP contribution in [0.25, 0.3) is 89.4 Å². The maximum atomic E-state index is 10.1. The number of benzene rings is 8. The highest BCUT2D eigenvalue weighted by Crippen LogP contribution is 2.45. The number of hydrogen-bond donors (Lipinski definition) is 2. The third kappa shape index (κ3) is 9.64. The van der Waals surface area contributed by atoms with E-state index in [1.165, 1.54) is 0 Å². The molecule has 0 atom stereocenters. The second kappa shape index (κ2) is 22.4. The molecule has 0 unspecified atom stereocenters. The van der Waals surface area contributed by atoms with Crippen LogP contribution in [0.2, 0.25) is 0 Å². The monoisotopic (exact) mass is 1120 g/mol. The Morgan fingerprint density at radius 3 is 0.489 bits per heavy atom. The van der Waals surface area contributed by atoms with Crippen molar-refractivity contribution in [2.45, 2.75) is 0 Å². The van der Waals surface area contributed by atoms with E-state index in [0.29, 0.717) is 134 Å². The van der Waals surface area contributed by atoms with Crippen LogP contribution in [-0.2, 0) is 0 Å². The SMILES string of the molecule is N#Cc1ccc(C2=C(c3ccc(C#N)cc3)c3nc2nc2[nH]c(nc4nc(nc5[nH]c(n3)c(-c3ccc(C#N)cc3)c5-c3ccc(C#N)cc3)C(c3ccc(C#N)cc3)=C4c3ccc(C#N)cc3)c(-c3ccc(C#N)cc3)c2-c2ccc(C#N)cc2)cc1. The molecule has 0 radical (unpaired) electrons. The van der Waals surface area contributed by atoms with E-state index in [9.17, 15) is 42.1 Å². The van der Waals surface area contributed by atoms with Crippen molar-refractivity contribution < 1.29 is 0 Å². The molecule has 402 valence electrons. The zero-order valence-electron chi connectivity index (χ0n) is 45.7. The van der Waals surface area contributed by atoms with Gasteiger partial charge in [-0.15, -0.1) is 0 Å². The van der Waals surface area contributed by atoms with Crippen LogP contribution in [0.3, 0.4) is 0 Å². The van der Waals surface area contributed by atoms with Gasteiger partial charge in [0.25, 0.3) is 0 Å². The van der Waals surface area contributed by atoms with Gasteiger partial charge in [-0.3, -0.25) is 0 Å². The number of nitrogens with zero attached hydrogens (tertiary/aromatic N) is 14. The molecule has 13 rings (SSSR count). The van der Waals surface area contributed by atoms with Gasteiger partial charge >= 0.3 is 0 Å². The van der Waals surface area contributed by atoms with Crippen LogP contribution in [-0.4, -0.2) is 39.9 Å². The molecule has 0 saturated heterocycles. The van der Waals surface area contributed by atoms with Crippen LogP contribution >= 0.6 is 0 Å². The molecule has 2 N–H and O–H groups in total. The molecule has 11 aromatic rings. The zero-order chi connectivity index (χ0) is 60.4. The van der Waals surface area contributed by atoms with Crippen LogP contribution in [0.15, 0.2) is 194 Å². The summed E-state index contributed by atoms with van der Waals surface area (Å²) < 4.78 is 0. The van der Waals surface area contributed by atoms with Crippen LogP contribution in [0.5, 0.6) is 0 Å². The first-order chi connectivity index (χ1) is 43.2. The Hall–Kier alpha value is -14.0. The minimum absolute atomic E-state index is 0.169. The van der Waals surface area contributed by atoms with Gasteiger partial charge in [0.15, 0.2) is 23.3 Å². The van der Waals surface area contributed by atoms with E-state index in [1.54, 1.807) is 146 Å². The molecule has 8 aromatic carbocycles. The summed E-state index contributed by atoms with van der Waals surface area (Å²) in [6, 6.07) is 73.9. The summed E-state index contributed by atoms with van der Waals surface area (Å²) >= 11 is 0. The Bertz CT molecular complexity index is 4660. The fraction of sp³-hybridized carbons (Fsp3) is 0. The van der Waals surface area contributed by atoms with E-state index < -0.39 is 0 Å². The molecule has 16 nitrogen and oxygen atoms in total. The maximum Gasteiger partial charge on any atom is 0.165 e. The Morgan fingerprint density at radius 2 is 0.341 bits per heavy atom. The lowest BCUT2D eigenvalue weighted by atomic mass is 9.94. The van der Waals surface area contributed by atoms with Gasteiger partial charge in [-0.1, -0.05) is 97.1 Å². The number of H-pyrrole nitrogens is 2. The van der Waals surface area contributed by atoms with Crippen LogP contribution < -0.4 is 0 Å². The lowest BCUT2D eigenvalue weighted by molar-refractivity contribution is 1.10. The van der Waals surface area contributed by atoms with E-state index in [-0.39, 0.29) is 45.9 Å². The lowest BCUT2D eigenvalue weighted by Gasteiger charge is -2.10. The van der Waals surface area contributed by atoms with Crippen LogP contribution in [0.4, 0.5) is 0 Å². The van der Waals surface area contributed by atoms with Crippen LogP contribution in [0, 0.1) is 90.6 Å². The first kappa shape index (κ1) is 53.3. The average molecular weight is 1120 g/mol. The molecule has 0 spiro atoms. The first-order valence-corrected chi connectivity index (χ1v) is 27.0. The first-order valence-electron chi connectivity index (χ1n) is 27.0. The van der Waals surface area contributed by atoms with Gasteiger partial charge in [0.2, 0.25) is 0 Å². The summed E-state index contributed by atoms with van der Waals surface area (Å²) in [6.07, 6.45) is 0. The van der Waals surface area contributed by atoms with Gasteiger partial charge in [0, 0.05) is 44.5 Å². The fourth-order valence-electron chi connectivity index (χ4n) is 10.8. The fourth-order valence-corrected chi connectivity index (χ4v) is 10.8. The predicted molar refractivity (Wildman–Crippen MR) is 327 cm³/mol. The molecule has 0 amide bonds. The highest BCUT2D eigenvalue weighted by atomic mass is 15.1. The van der Waals surface area contributed by atoms with Gasteiger partial charge in [0.05, 0.1) is 93.1 Å². The Labute approximate surface area is 501 Å². The molecule has 0 aliphatic carbocycles. The highest BCUT2D eigenvalue weighted by Gasteiger charge is 2.31. The number of nitrogens with one attached hydrogen (secondary N) is 2. The predicted octanol–water partition coefficient (Wildman–Crippen LogP) is 13.6. The van der Waals surface area contributed by atoms with Crippen molar-refractivity contribution in [3.8, 4) is 93.1 Å². The Morgan fingerprint density at radius 1 is 0.193 bits per heavy atom. The highest BCUT2D eigenvalue weighted by molar-refractivity contribution is 6.09. The number of nitriles is 8. The quantitative estimate of drug-likeness (QED) is 0.143. The molecule has 2 aliphatic heterocycles. The Balaban J connectivity index is 1.29. The normalized spacial score (nSPS) is 11.5. The molecule has 0 fully saturated rings.